The number of nitrogens with one attached hydrogen (secondary N) is 7. The molecule has 1 fully saturated rings. The molecular weight excluding hydrogens is 606 g/mol. The fourth-order valence-corrected chi connectivity index (χ4v) is 4.66. The van der Waals surface area contributed by atoms with Gasteiger partial charge in [-0.05, 0) is 70.9 Å². The van der Waals surface area contributed by atoms with Crippen molar-refractivity contribution >= 4 is 47.4 Å². The molecule has 1 rings (SSSR count). The summed E-state index contributed by atoms with van der Waals surface area (Å²) >= 11 is 0. The summed E-state index contributed by atoms with van der Waals surface area (Å²) in [6.07, 6.45) is 1.55. The van der Waals surface area contributed by atoms with Gasteiger partial charge in [0.15, 0.2) is 5.96 Å². The van der Waals surface area contributed by atoms with Crippen LogP contribution < -0.4 is 54.8 Å². The minimum atomic E-state index is -1.40. The molecule has 6 amide bonds. The molecule has 46 heavy (non-hydrogen) atoms. The molecule has 1 aliphatic heterocycles. The minimum absolute atomic E-state index is 0.0283. The number of nitrogens with two attached hydrogens (primary N) is 4. The number of hydrogen-bond donors (Lipinski definition) is 12. The molecule has 16 N–H and O–H groups in total. The van der Waals surface area contributed by atoms with Gasteiger partial charge in [0.1, 0.15) is 24.2 Å². The van der Waals surface area contributed by atoms with Crippen LogP contribution in [0, 0.1) is 5.41 Å². The topological polar surface area (TPSA) is 340 Å². The smallest absolute Gasteiger partial charge is 0.326 e. The van der Waals surface area contributed by atoms with Crippen molar-refractivity contribution in [2.45, 2.75) is 101 Å². The van der Waals surface area contributed by atoms with Crippen LogP contribution in [0.15, 0.2) is 0 Å². The van der Waals surface area contributed by atoms with Gasteiger partial charge < -0.3 is 59.9 Å². The first-order valence-corrected chi connectivity index (χ1v) is 15.3. The Hall–Kier alpha value is -4.52. The van der Waals surface area contributed by atoms with Crippen molar-refractivity contribution in [3.05, 3.63) is 0 Å². The first-order chi connectivity index (χ1) is 21.7. The number of rotatable bonds is 23. The summed E-state index contributed by atoms with van der Waals surface area (Å²) in [7, 11) is 0. The number of guanidine groups is 1. The van der Waals surface area contributed by atoms with Crippen LogP contribution >= 0.6 is 0 Å². The Balaban J connectivity index is 3.17. The molecule has 0 aromatic heterocycles. The molecule has 0 radical (unpaired) electrons. The Morgan fingerprint density at radius 1 is 0.739 bits per heavy atom. The predicted molar refractivity (Wildman–Crippen MR) is 165 cm³/mol. The highest BCUT2D eigenvalue weighted by molar-refractivity contribution is 5.95. The van der Waals surface area contributed by atoms with Gasteiger partial charge in [-0.3, -0.25) is 34.2 Å². The Labute approximate surface area is 266 Å². The third-order valence-electron chi connectivity index (χ3n) is 7.18. The lowest BCUT2D eigenvalue weighted by molar-refractivity contribution is -0.142. The summed E-state index contributed by atoms with van der Waals surface area (Å²) in [5.74, 6) is -6.08. The monoisotopic (exact) mass is 655 g/mol. The van der Waals surface area contributed by atoms with Gasteiger partial charge in [-0.1, -0.05) is 0 Å². The zero-order valence-electron chi connectivity index (χ0n) is 25.9. The molecule has 0 bridgehead atoms. The first-order valence-electron chi connectivity index (χ1n) is 15.3. The van der Waals surface area contributed by atoms with Crippen LogP contribution in [0.3, 0.4) is 0 Å². The van der Waals surface area contributed by atoms with E-state index in [9.17, 15) is 38.7 Å². The van der Waals surface area contributed by atoms with E-state index in [4.69, 9.17) is 28.3 Å². The maximum Gasteiger partial charge on any atom is 0.326 e. The lowest BCUT2D eigenvalue weighted by atomic mass is 10.0. The van der Waals surface area contributed by atoms with Crippen LogP contribution in [0.4, 0.5) is 0 Å². The normalized spacial score (nSPS) is 16.6. The molecular formula is C27H49N11O8. The van der Waals surface area contributed by atoms with E-state index in [2.05, 4.69) is 31.9 Å². The van der Waals surface area contributed by atoms with Crippen molar-refractivity contribution in [3.63, 3.8) is 0 Å². The van der Waals surface area contributed by atoms with Gasteiger partial charge in [-0.2, -0.15) is 0 Å². The fourth-order valence-electron chi connectivity index (χ4n) is 4.66. The summed E-state index contributed by atoms with van der Waals surface area (Å²) in [6, 6.07) is -5.75. The van der Waals surface area contributed by atoms with E-state index >= 15 is 0 Å². The summed E-state index contributed by atoms with van der Waals surface area (Å²) in [5.41, 5.74) is 21.3. The number of carboxylic acid groups (broad SMARTS) is 1. The van der Waals surface area contributed by atoms with Gasteiger partial charge in [0.25, 0.3) is 0 Å². The van der Waals surface area contributed by atoms with Crippen LogP contribution in [-0.2, 0) is 33.6 Å². The summed E-state index contributed by atoms with van der Waals surface area (Å²) in [5, 5.41) is 32.4. The number of carboxylic acids is 1. The van der Waals surface area contributed by atoms with E-state index in [0.717, 1.165) is 6.42 Å². The molecule has 1 heterocycles. The Bertz CT molecular complexity index is 1080. The van der Waals surface area contributed by atoms with Gasteiger partial charge in [-0.25, -0.2) is 4.79 Å². The maximum absolute atomic E-state index is 13.5. The second-order valence-electron chi connectivity index (χ2n) is 11.0. The van der Waals surface area contributed by atoms with E-state index in [1.165, 1.54) is 0 Å². The number of carbonyl (C=O) groups is 7. The van der Waals surface area contributed by atoms with Crippen LogP contribution in [0.2, 0.25) is 0 Å². The molecule has 19 nitrogen and oxygen atoms in total. The van der Waals surface area contributed by atoms with Gasteiger partial charge >= 0.3 is 5.97 Å². The third-order valence-corrected chi connectivity index (χ3v) is 7.18. The highest BCUT2D eigenvalue weighted by Gasteiger charge is 2.32. The van der Waals surface area contributed by atoms with Gasteiger partial charge in [-0.15, -0.1) is 0 Å². The Morgan fingerprint density at radius 3 is 1.70 bits per heavy atom. The predicted octanol–water partition coefficient (Wildman–Crippen LogP) is -4.31. The Kier molecular flexibility index (Phi) is 18.3. The van der Waals surface area contributed by atoms with Crippen molar-refractivity contribution in [2.24, 2.45) is 22.9 Å². The van der Waals surface area contributed by atoms with Crippen LogP contribution in [0.5, 0.6) is 0 Å². The highest BCUT2D eigenvalue weighted by atomic mass is 16.4. The number of hydrogen-bond acceptors (Lipinski definition) is 10. The molecule has 0 unspecified atom stereocenters. The van der Waals surface area contributed by atoms with Gasteiger partial charge in [0.2, 0.25) is 35.4 Å². The number of amides is 6. The van der Waals surface area contributed by atoms with Crippen molar-refractivity contribution in [1.82, 2.24) is 31.9 Å². The largest absolute Gasteiger partial charge is 0.480 e. The second kappa shape index (κ2) is 21.3. The zero-order chi connectivity index (χ0) is 34.6. The first kappa shape index (κ1) is 39.5. The van der Waals surface area contributed by atoms with E-state index < -0.39 is 71.6 Å². The second-order valence-corrected chi connectivity index (χ2v) is 11.0. The van der Waals surface area contributed by atoms with Crippen LogP contribution in [0.25, 0.3) is 0 Å². The molecule has 0 spiro atoms. The minimum Gasteiger partial charge on any atom is -0.480 e. The van der Waals surface area contributed by atoms with E-state index in [-0.39, 0.29) is 57.5 Å². The zero-order valence-corrected chi connectivity index (χ0v) is 25.9. The van der Waals surface area contributed by atoms with E-state index in [1.54, 1.807) is 0 Å². The lowest BCUT2D eigenvalue weighted by Gasteiger charge is -2.26. The molecule has 0 saturated carbocycles. The van der Waals surface area contributed by atoms with Crippen molar-refractivity contribution in [1.29, 1.82) is 5.41 Å². The standard InChI is InChI=1S/C27H49N11O8/c28-12-2-1-5-19(26(45)46)38-25(44)18(9-11-21(30)40)37-23(42)16(7-4-14-34-27(31)32)35-24(43)17(8-10-20(29)39)36-22(41)15-6-3-13-33-15/h15-19,33H,1-14,28H2,(H2,29,39)(H2,30,40)(H,35,43)(H,36,41)(H,37,42)(H,38,44)(H,45,46)(H4,31,32,34)/t15-,16-,17-,18-,19-/m0/s1. The van der Waals surface area contributed by atoms with Gasteiger partial charge in [0.05, 0.1) is 6.04 Å². The van der Waals surface area contributed by atoms with Gasteiger partial charge in [0, 0.05) is 19.4 Å². The highest BCUT2D eigenvalue weighted by Crippen LogP contribution is 2.09. The molecule has 0 aromatic rings. The fraction of sp³-hybridized carbons (Fsp3) is 0.704. The molecule has 0 aliphatic carbocycles. The maximum atomic E-state index is 13.5. The number of unbranched alkanes of at least 4 members (excludes halogenated alkanes) is 1. The average Bonchev–Trinajstić information content (AvgIpc) is 3.53. The molecule has 1 aliphatic rings. The number of carbonyl (C=O) groups excluding carboxylic acids is 6. The van der Waals surface area contributed by atoms with E-state index in [1.807, 2.05) is 0 Å². The quantitative estimate of drug-likeness (QED) is 0.0282. The summed E-state index contributed by atoms with van der Waals surface area (Å²) in [4.78, 5) is 87.5. The summed E-state index contributed by atoms with van der Waals surface area (Å²) < 4.78 is 0. The number of aliphatic carboxylic acids is 1. The third kappa shape index (κ3) is 16.0. The molecule has 0 aromatic carbocycles. The van der Waals surface area contributed by atoms with Crippen LogP contribution in [0.1, 0.15) is 70.6 Å². The SMILES string of the molecule is N=C(N)NCCC[C@H](NC(=O)[C@H](CCC(N)=O)NC(=O)[C@@H]1CCCN1)C(=O)N[C@@H](CCC(N)=O)C(=O)N[C@@H](CCCCN)C(=O)O. The summed E-state index contributed by atoms with van der Waals surface area (Å²) in [6.45, 7) is 1.11. The van der Waals surface area contributed by atoms with E-state index in [0.29, 0.717) is 32.4 Å². The number of primary amides is 2. The molecule has 5 atom stereocenters. The van der Waals surface area contributed by atoms with Crippen LogP contribution in [-0.4, -0.2) is 102 Å². The van der Waals surface area contributed by atoms with Crippen molar-refractivity contribution in [3.8, 4) is 0 Å². The van der Waals surface area contributed by atoms with Crippen molar-refractivity contribution < 1.29 is 38.7 Å². The van der Waals surface area contributed by atoms with Crippen molar-refractivity contribution in [2.75, 3.05) is 19.6 Å². The Morgan fingerprint density at radius 2 is 1.24 bits per heavy atom. The average molecular weight is 656 g/mol. The molecule has 260 valence electrons. The molecule has 19 heteroatoms. The molecule has 1 saturated heterocycles. The lowest BCUT2D eigenvalue weighted by Crippen LogP contribution is -2.58.